The van der Waals surface area contributed by atoms with Crippen molar-refractivity contribution in [1.82, 2.24) is 19.4 Å². The summed E-state index contributed by atoms with van der Waals surface area (Å²) in [5, 5.41) is -0.729. The lowest BCUT2D eigenvalue weighted by Gasteiger charge is -2.33. The molecule has 0 aliphatic carbocycles. The summed E-state index contributed by atoms with van der Waals surface area (Å²) in [6.07, 6.45) is 3.98. The van der Waals surface area contributed by atoms with Crippen molar-refractivity contribution in [2.24, 2.45) is 0 Å². The smallest absolute Gasteiger partial charge is 0.254 e. The predicted molar refractivity (Wildman–Crippen MR) is 192 cm³/mol. The highest BCUT2D eigenvalue weighted by atomic mass is 32.2. The number of sulfone groups is 1. The number of carbonyl (C=O) groups is 1. The quantitative estimate of drug-likeness (QED) is 0.215. The van der Waals surface area contributed by atoms with Crippen molar-refractivity contribution < 1.29 is 27.4 Å². The number of carbonyl (C=O) groups excluding carboxylic acids is 1. The van der Waals surface area contributed by atoms with Crippen molar-refractivity contribution in [3.63, 3.8) is 0 Å². The van der Waals surface area contributed by atoms with Gasteiger partial charge >= 0.3 is 0 Å². The van der Waals surface area contributed by atoms with E-state index in [1.54, 1.807) is 40.4 Å². The van der Waals surface area contributed by atoms with Crippen LogP contribution in [0, 0.1) is 0 Å². The monoisotopic (exact) mass is 689 g/mol. The first-order valence-electron chi connectivity index (χ1n) is 16.9. The van der Waals surface area contributed by atoms with Crippen LogP contribution in [0.25, 0.3) is 11.0 Å². The van der Waals surface area contributed by atoms with Crippen LogP contribution in [-0.4, -0.2) is 107 Å². The highest BCUT2D eigenvalue weighted by Gasteiger charge is 2.42. The highest BCUT2D eigenvalue weighted by molar-refractivity contribution is 7.90. The summed E-state index contributed by atoms with van der Waals surface area (Å²) in [4.78, 5) is 25.6. The number of methoxy groups -OCH3 is 3. The summed E-state index contributed by atoms with van der Waals surface area (Å²) in [6, 6.07) is 21.7. The minimum Gasteiger partial charge on any atom is -0.493 e. The zero-order chi connectivity index (χ0) is 34.8. The molecule has 12 heteroatoms. The van der Waals surface area contributed by atoms with Crippen molar-refractivity contribution in [2.75, 3.05) is 78.3 Å². The fourth-order valence-corrected chi connectivity index (χ4v) is 7.97. The Balaban J connectivity index is 1.19. The maximum Gasteiger partial charge on any atom is 0.254 e. The predicted octanol–water partition coefficient (Wildman–Crippen LogP) is 5.01. The second-order valence-electron chi connectivity index (χ2n) is 13.2. The lowest BCUT2D eigenvalue weighted by molar-refractivity contribution is 0.0780. The summed E-state index contributed by atoms with van der Waals surface area (Å²) >= 11 is 0. The van der Waals surface area contributed by atoms with Gasteiger partial charge < -0.3 is 28.9 Å². The fraction of sp³-hybridized carbons (Fsp3) is 0.459. The molecule has 49 heavy (non-hydrogen) atoms. The lowest BCUT2D eigenvalue weighted by Crippen LogP contribution is -2.39. The van der Waals surface area contributed by atoms with Crippen LogP contribution in [0.3, 0.4) is 0 Å². The van der Waals surface area contributed by atoms with Gasteiger partial charge in [0.25, 0.3) is 5.91 Å². The third-order valence-corrected chi connectivity index (χ3v) is 11.7. The van der Waals surface area contributed by atoms with Crippen LogP contribution in [0.5, 0.6) is 17.2 Å². The minimum absolute atomic E-state index is 0.0614. The van der Waals surface area contributed by atoms with Gasteiger partial charge in [-0.25, -0.2) is 13.4 Å². The van der Waals surface area contributed by atoms with Gasteiger partial charge in [0, 0.05) is 50.0 Å². The average molecular weight is 690 g/mol. The molecule has 2 unspecified atom stereocenters. The Labute approximate surface area is 289 Å². The first kappa shape index (κ1) is 34.6. The van der Waals surface area contributed by atoms with E-state index in [-0.39, 0.29) is 11.3 Å². The van der Waals surface area contributed by atoms with Crippen molar-refractivity contribution >= 4 is 32.7 Å². The van der Waals surface area contributed by atoms with E-state index < -0.39 is 15.2 Å². The second-order valence-corrected chi connectivity index (χ2v) is 15.5. The number of nitrogens with zero attached hydrogens (tertiary/aromatic N) is 5. The molecule has 2 saturated heterocycles. The topological polar surface area (TPSA) is 106 Å². The van der Waals surface area contributed by atoms with Crippen LogP contribution < -0.4 is 19.1 Å². The number of likely N-dealkylation sites (tertiary alicyclic amines) is 1. The van der Waals surface area contributed by atoms with Gasteiger partial charge in [-0.2, -0.15) is 0 Å². The number of fused-ring (bicyclic) bond motifs is 1. The molecule has 0 radical (unpaired) electrons. The largest absolute Gasteiger partial charge is 0.493 e. The number of imidazole rings is 1. The molecular formula is C37H47N5O6S. The van der Waals surface area contributed by atoms with E-state index in [9.17, 15) is 13.2 Å². The molecule has 3 heterocycles. The SMILES string of the molecule is COc1cc(C(=O)N2CCC(CCN3CCCN(c4nc5ccccc5n4C(C)S(C)(=O)=O)CC3)(c3ccccc3)C2)cc(OC)c1OC. The number of hydrogen-bond acceptors (Lipinski definition) is 9. The molecule has 0 bridgehead atoms. The van der Waals surface area contributed by atoms with Gasteiger partial charge in [0.2, 0.25) is 11.7 Å². The van der Waals surface area contributed by atoms with E-state index in [2.05, 4.69) is 34.1 Å². The Kier molecular flexibility index (Phi) is 10.1. The number of aromatic nitrogens is 2. The summed E-state index contributed by atoms with van der Waals surface area (Å²) < 4.78 is 43.8. The summed E-state index contributed by atoms with van der Waals surface area (Å²) in [6.45, 7) is 7.16. The standard InChI is InChI=1S/C37H47N5O6S/c1-27(49(5,44)45)42-31-15-10-9-14-30(31)38-36(42)40-19-11-18-39(22-23-40)20-16-37(29-12-7-6-8-13-29)17-21-41(26-37)35(43)28-24-32(46-2)34(48-4)33(25-28)47-3/h6-10,12-15,24-25,27H,11,16-23,26H2,1-5H3. The van der Waals surface area contributed by atoms with Gasteiger partial charge in [0.15, 0.2) is 21.3 Å². The van der Waals surface area contributed by atoms with E-state index in [0.717, 1.165) is 63.0 Å². The van der Waals surface area contributed by atoms with Gasteiger partial charge in [-0.05, 0) is 69.1 Å². The van der Waals surface area contributed by atoms with Gasteiger partial charge in [0.1, 0.15) is 5.37 Å². The molecule has 3 aromatic carbocycles. The maximum atomic E-state index is 13.9. The summed E-state index contributed by atoms with van der Waals surface area (Å²) in [5.41, 5.74) is 3.18. The van der Waals surface area contributed by atoms with Crippen LogP contribution in [0.4, 0.5) is 5.95 Å². The minimum atomic E-state index is -3.35. The van der Waals surface area contributed by atoms with Crippen molar-refractivity contribution in [3.8, 4) is 17.2 Å². The number of benzene rings is 3. The highest BCUT2D eigenvalue weighted by Crippen LogP contribution is 2.41. The Morgan fingerprint density at radius 1 is 0.898 bits per heavy atom. The lowest BCUT2D eigenvalue weighted by atomic mass is 9.76. The van der Waals surface area contributed by atoms with E-state index in [4.69, 9.17) is 19.2 Å². The first-order valence-corrected chi connectivity index (χ1v) is 18.8. The van der Waals surface area contributed by atoms with Crippen molar-refractivity contribution in [1.29, 1.82) is 0 Å². The Morgan fingerprint density at radius 3 is 2.27 bits per heavy atom. The van der Waals surface area contributed by atoms with Crippen molar-refractivity contribution in [2.45, 2.75) is 37.0 Å². The van der Waals surface area contributed by atoms with Gasteiger partial charge in [-0.1, -0.05) is 42.5 Å². The van der Waals surface area contributed by atoms with Crippen LogP contribution in [0.15, 0.2) is 66.7 Å². The Hall–Kier alpha value is -4.29. The molecule has 4 aromatic rings. The second kappa shape index (κ2) is 14.3. The molecule has 2 atom stereocenters. The van der Waals surface area contributed by atoms with Crippen LogP contribution in [0.2, 0.25) is 0 Å². The Morgan fingerprint density at radius 2 is 1.59 bits per heavy atom. The summed E-state index contributed by atoms with van der Waals surface area (Å²) in [5.74, 6) is 2.01. The Bertz CT molecular complexity index is 1870. The third kappa shape index (κ3) is 6.94. The molecule has 0 spiro atoms. The third-order valence-electron chi connectivity index (χ3n) is 10.3. The molecule has 2 aliphatic rings. The molecule has 11 nitrogen and oxygen atoms in total. The number of anilines is 1. The first-order chi connectivity index (χ1) is 23.6. The maximum absolute atomic E-state index is 13.9. The molecule has 2 aliphatic heterocycles. The molecule has 1 amide bonds. The van der Waals surface area contributed by atoms with E-state index in [0.29, 0.717) is 41.8 Å². The number of ether oxygens (including phenoxy) is 3. The molecule has 0 saturated carbocycles. The van der Waals surface area contributed by atoms with Gasteiger partial charge in [-0.3, -0.25) is 9.36 Å². The van der Waals surface area contributed by atoms with Crippen molar-refractivity contribution in [3.05, 3.63) is 77.9 Å². The van der Waals surface area contributed by atoms with E-state index >= 15 is 0 Å². The van der Waals surface area contributed by atoms with Gasteiger partial charge in [-0.15, -0.1) is 0 Å². The molecule has 2 fully saturated rings. The van der Waals surface area contributed by atoms with E-state index in [1.165, 1.54) is 11.8 Å². The average Bonchev–Trinajstić information content (AvgIpc) is 3.65. The normalized spacial score (nSPS) is 19.5. The van der Waals surface area contributed by atoms with Crippen LogP contribution >= 0.6 is 0 Å². The molecule has 6 rings (SSSR count). The zero-order valence-corrected chi connectivity index (χ0v) is 29.9. The van der Waals surface area contributed by atoms with E-state index in [1.807, 2.05) is 39.8 Å². The number of rotatable bonds is 11. The van der Waals surface area contributed by atoms with Gasteiger partial charge in [0.05, 0.1) is 32.4 Å². The number of amides is 1. The number of para-hydroxylation sites is 2. The fourth-order valence-electron chi connectivity index (χ4n) is 7.38. The molecule has 262 valence electrons. The summed E-state index contributed by atoms with van der Waals surface area (Å²) in [7, 11) is 1.31. The van der Waals surface area contributed by atoms with Crippen LogP contribution in [0.1, 0.15) is 47.5 Å². The number of hydrogen-bond donors (Lipinski definition) is 0. The zero-order valence-electron chi connectivity index (χ0n) is 29.1. The molecule has 0 N–H and O–H groups in total. The molecular weight excluding hydrogens is 643 g/mol. The van der Waals surface area contributed by atoms with Crippen LogP contribution in [-0.2, 0) is 15.3 Å². The molecule has 1 aromatic heterocycles.